The highest BCUT2D eigenvalue weighted by atomic mass is 15.0. The molecule has 0 amide bonds. The van der Waals surface area contributed by atoms with E-state index in [1.807, 2.05) is 12.2 Å². The second-order valence-corrected chi connectivity index (χ2v) is 5.02. The SMILES string of the molecule is CCc1cccc(C2=CC(CC)C(N)(N)C=C2)c1. The van der Waals surface area contributed by atoms with Crippen LogP contribution in [0.2, 0.25) is 0 Å². The summed E-state index contributed by atoms with van der Waals surface area (Å²) in [5.41, 5.74) is 15.3. The highest BCUT2D eigenvalue weighted by Gasteiger charge is 2.28. The lowest BCUT2D eigenvalue weighted by molar-refractivity contribution is 0.395. The van der Waals surface area contributed by atoms with Gasteiger partial charge >= 0.3 is 0 Å². The Hall–Kier alpha value is -1.38. The maximum atomic E-state index is 6.08. The second-order valence-electron chi connectivity index (χ2n) is 5.02. The summed E-state index contributed by atoms with van der Waals surface area (Å²) in [6, 6.07) is 8.64. The van der Waals surface area contributed by atoms with Crippen LogP contribution in [0.25, 0.3) is 5.57 Å². The molecule has 4 N–H and O–H groups in total. The highest BCUT2D eigenvalue weighted by molar-refractivity contribution is 5.76. The summed E-state index contributed by atoms with van der Waals surface area (Å²) in [4.78, 5) is 0. The van der Waals surface area contributed by atoms with Crippen molar-refractivity contribution in [3.05, 3.63) is 53.6 Å². The van der Waals surface area contributed by atoms with Gasteiger partial charge in [0, 0.05) is 5.92 Å². The molecule has 2 rings (SSSR count). The minimum absolute atomic E-state index is 0.197. The molecular weight excluding hydrogens is 220 g/mol. The molecule has 0 aliphatic heterocycles. The molecule has 0 spiro atoms. The van der Waals surface area contributed by atoms with Crippen molar-refractivity contribution < 1.29 is 0 Å². The molecule has 0 saturated carbocycles. The van der Waals surface area contributed by atoms with Crippen molar-refractivity contribution in [3.8, 4) is 0 Å². The first-order valence-corrected chi connectivity index (χ1v) is 6.65. The molecular formula is C16H22N2. The van der Waals surface area contributed by atoms with Gasteiger partial charge in [0.2, 0.25) is 0 Å². The summed E-state index contributed by atoms with van der Waals surface area (Å²) in [6.07, 6.45) is 8.18. The zero-order valence-corrected chi connectivity index (χ0v) is 11.2. The van der Waals surface area contributed by atoms with Crippen molar-refractivity contribution in [1.82, 2.24) is 0 Å². The van der Waals surface area contributed by atoms with Gasteiger partial charge in [-0.05, 0) is 35.6 Å². The predicted octanol–water partition coefficient (Wildman–Crippen LogP) is 2.84. The second kappa shape index (κ2) is 5.09. The quantitative estimate of drug-likeness (QED) is 0.801. The molecule has 0 radical (unpaired) electrons. The highest BCUT2D eigenvalue weighted by Crippen LogP contribution is 2.29. The summed E-state index contributed by atoms with van der Waals surface area (Å²) in [5, 5.41) is 0. The average molecular weight is 242 g/mol. The van der Waals surface area contributed by atoms with Gasteiger partial charge in [-0.3, -0.25) is 0 Å². The van der Waals surface area contributed by atoms with E-state index in [0.29, 0.717) is 0 Å². The number of allylic oxidation sites excluding steroid dienone is 2. The Morgan fingerprint density at radius 1 is 1.22 bits per heavy atom. The smallest absolute Gasteiger partial charge is 0.0896 e. The fourth-order valence-electron chi connectivity index (χ4n) is 2.41. The van der Waals surface area contributed by atoms with E-state index < -0.39 is 5.66 Å². The molecule has 0 bridgehead atoms. The molecule has 0 aromatic heterocycles. The minimum Gasteiger partial charge on any atom is -0.310 e. The molecule has 1 aliphatic carbocycles. The average Bonchev–Trinajstić information content (AvgIpc) is 2.38. The van der Waals surface area contributed by atoms with E-state index in [-0.39, 0.29) is 5.92 Å². The molecule has 1 aromatic carbocycles. The Kier molecular flexibility index (Phi) is 3.69. The lowest BCUT2D eigenvalue weighted by atomic mass is 9.83. The number of aryl methyl sites for hydroxylation is 1. The first kappa shape index (κ1) is 13.1. The van der Waals surface area contributed by atoms with E-state index in [1.165, 1.54) is 16.7 Å². The predicted molar refractivity (Wildman–Crippen MR) is 77.8 cm³/mol. The standard InChI is InChI=1S/C16H22N2/c1-3-12-6-5-7-13(10-12)14-8-9-16(17,18)15(4-2)11-14/h5-11,15H,3-4,17-18H2,1-2H3. The lowest BCUT2D eigenvalue weighted by Gasteiger charge is -2.32. The van der Waals surface area contributed by atoms with Crippen molar-refractivity contribution in [2.45, 2.75) is 32.4 Å². The summed E-state index contributed by atoms with van der Waals surface area (Å²) < 4.78 is 0. The summed E-state index contributed by atoms with van der Waals surface area (Å²) in [5.74, 6) is 0.197. The van der Waals surface area contributed by atoms with Gasteiger partial charge in [0.15, 0.2) is 0 Å². The zero-order chi connectivity index (χ0) is 13.2. The molecule has 1 aromatic rings. The van der Waals surface area contributed by atoms with E-state index in [9.17, 15) is 0 Å². The fraction of sp³-hybridized carbons (Fsp3) is 0.375. The van der Waals surface area contributed by atoms with Gasteiger partial charge in [0.1, 0.15) is 0 Å². The minimum atomic E-state index is -0.708. The number of hydrogen-bond donors (Lipinski definition) is 2. The van der Waals surface area contributed by atoms with Crippen LogP contribution in [0.1, 0.15) is 31.4 Å². The van der Waals surface area contributed by atoms with Crippen molar-refractivity contribution in [2.24, 2.45) is 17.4 Å². The maximum Gasteiger partial charge on any atom is 0.0896 e. The largest absolute Gasteiger partial charge is 0.310 e. The molecule has 2 heteroatoms. The first-order valence-electron chi connectivity index (χ1n) is 6.65. The Balaban J connectivity index is 2.34. The van der Waals surface area contributed by atoms with Gasteiger partial charge in [-0.1, -0.05) is 50.3 Å². The maximum absolute atomic E-state index is 6.08. The van der Waals surface area contributed by atoms with E-state index in [0.717, 1.165) is 12.8 Å². The van der Waals surface area contributed by atoms with Crippen LogP contribution < -0.4 is 11.5 Å². The third kappa shape index (κ3) is 2.55. The first-order chi connectivity index (χ1) is 8.56. The Bertz CT molecular complexity index is 484. The van der Waals surface area contributed by atoms with Gasteiger partial charge in [-0.2, -0.15) is 0 Å². The number of hydrogen-bond acceptors (Lipinski definition) is 2. The van der Waals surface area contributed by atoms with Crippen LogP contribution in [-0.2, 0) is 6.42 Å². The van der Waals surface area contributed by atoms with Gasteiger partial charge in [0.05, 0.1) is 5.66 Å². The molecule has 1 unspecified atom stereocenters. The molecule has 96 valence electrons. The Morgan fingerprint density at radius 2 is 2.00 bits per heavy atom. The molecule has 18 heavy (non-hydrogen) atoms. The van der Waals surface area contributed by atoms with Crippen molar-refractivity contribution in [3.63, 3.8) is 0 Å². The summed E-state index contributed by atoms with van der Waals surface area (Å²) >= 11 is 0. The molecule has 1 atom stereocenters. The van der Waals surface area contributed by atoms with Gasteiger partial charge in [-0.25, -0.2) is 0 Å². The van der Waals surface area contributed by atoms with Crippen molar-refractivity contribution in [2.75, 3.05) is 0 Å². The topological polar surface area (TPSA) is 52.0 Å². The fourth-order valence-corrected chi connectivity index (χ4v) is 2.41. The number of nitrogens with two attached hydrogens (primary N) is 2. The van der Waals surface area contributed by atoms with Gasteiger partial charge < -0.3 is 11.5 Å². The van der Waals surface area contributed by atoms with E-state index >= 15 is 0 Å². The summed E-state index contributed by atoms with van der Waals surface area (Å²) in [6.45, 7) is 4.29. The molecule has 0 fully saturated rings. The molecule has 2 nitrogen and oxygen atoms in total. The Morgan fingerprint density at radius 3 is 2.67 bits per heavy atom. The monoisotopic (exact) mass is 242 g/mol. The van der Waals surface area contributed by atoms with Crippen LogP contribution in [0.5, 0.6) is 0 Å². The van der Waals surface area contributed by atoms with Crippen molar-refractivity contribution >= 4 is 5.57 Å². The van der Waals surface area contributed by atoms with Crippen LogP contribution in [0.3, 0.4) is 0 Å². The van der Waals surface area contributed by atoms with E-state index in [4.69, 9.17) is 11.5 Å². The summed E-state index contributed by atoms with van der Waals surface area (Å²) in [7, 11) is 0. The normalized spacial score (nSPS) is 21.8. The van der Waals surface area contributed by atoms with Crippen molar-refractivity contribution in [1.29, 1.82) is 0 Å². The van der Waals surface area contributed by atoms with Gasteiger partial charge in [-0.15, -0.1) is 0 Å². The third-order valence-corrected chi connectivity index (χ3v) is 3.68. The molecule has 1 aliphatic rings. The number of benzene rings is 1. The van der Waals surface area contributed by atoms with Crippen LogP contribution in [0.4, 0.5) is 0 Å². The van der Waals surface area contributed by atoms with Crippen LogP contribution in [0.15, 0.2) is 42.5 Å². The molecule has 0 heterocycles. The van der Waals surface area contributed by atoms with Crippen LogP contribution in [-0.4, -0.2) is 5.66 Å². The van der Waals surface area contributed by atoms with Crippen LogP contribution >= 0.6 is 0 Å². The Labute approximate surface area is 109 Å². The van der Waals surface area contributed by atoms with E-state index in [1.54, 1.807) is 0 Å². The van der Waals surface area contributed by atoms with Crippen LogP contribution in [0, 0.1) is 5.92 Å². The lowest BCUT2D eigenvalue weighted by Crippen LogP contribution is -2.54. The van der Waals surface area contributed by atoms with E-state index in [2.05, 4.69) is 44.2 Å². The molecule has 0 saturated heterocycles. The van der Waals surface area contributed by atoms with Gasteiger partial charge in [0.25, 0.3) is 0 Å². The number of rotatable bonds is 3. The third-order valence-electron chi connectivity index (χ3n) is 3.68. The zero-order valence-electron chi connectivity index (χ0n) is 11.2.